The smallest absolute Gasteiger partial charge is 0.236 e. The van der Waals surface area contributed by atoms with Gasteiger partial charge in [0.2, 0.25) is 10.0 Å². The van der Waals surface area contributed by atoms with E-state index in [0.717, 1.165) is 22.4 Å². The van der Waals surface area contributed by atoms with E-state index in [-0.39, 0.29) is 11.4 Å². The number of aromatic nitrogens is 2. The lowest BCUT2D eigenvalue weighted by Crippen LogP contribution is -2.24. The topological polar surface area (TPSA) is 64.0 Å². The molecular weight excluding hydrogens is 346 g/mol. The van der Waals surface area contributed by atoms with E-state index in [2.05, 4.69) is 9.82 Å². The molecule has 1 N–H and O–H groups in total. The molecule has 0 spiro atoms. The molecule has 1 aromatic heterocycles. The maximum atomic E-state index is 12.9. The lowest BCUT2D eigenvalue weighted by Gasteiger charge is -2.10. The first-order valence-corrected chi connectivity index (χ1v) is 9.95. The summed E-state index contributed by atoms with van der Waals surface area (Å²) in [6.07, 6.45) is 0. The number of rotatable bonds is 5. The Morgan fingerprint density at radius 3 is 2.27 bits per heavy atom. The highest BCUT2D eigenvalue weighted by molar-refractivity contribution is 7.89. The molecule has 0 saturated heterocycles. The summed E-state index contributed by atoms with van der Waals surface area (Å²) in [5.41, 5.74) is 5.08. The van der Waals surface area contributed by atoms with Crippen molar-refractivity contribution in [3.05, 3.63) is 76.6 Å². The quantitative estimate of drug-likeness (QED) is 0.748. The molecule has 0 bridgehead atoms. The van der Waals surface area contributed by atoms with Crippen LogP contribution in [-0.2, 0) is 16.6 Å². The van der Waals surface area contributed by atoms with E-state index in [4.69, 9.17) is 0 Å². The Hall–Kier alpha value is -2.44. The van der Waals surface area contributed by atoms with Gasteiger partial charge in [-0.2, -0.15) is 5.10 Å². The molecule has 0 radical (unpaired) electrons. The first kappa shape index (κ1) is 18.4. The van der Waals surface area contributed by atoms with Gasteiger partial charge >= 0.3 is 0 Å². The summed E-state index contributed by atoms with van der Waals surface area (Å²) < 4.78 is 30.2. The van der Waals surface area contributed by atoms with Crippen LogP contribution < -0.4 is 4.72 Å². The zero-order valence-electron chi connectivity index (χ0n) is 15.4. The van der Waals surface area contributed by atoms with Crippen molar-refractivity contribution in [2.45, 2.75) is 39.1 Å². The van der Waals surface area contributed by atoms with E-state index in [0.29, 0.717) is 11.4 Å². The Bertz CT molecular complexity index is 1040. The summed E-state index contributed by atoms with van der Waals surface area (Å²) in [5.74, 6) is 0. The van der Waals surface area contributed by atoms with Crippen LogP contribution in [-0.4, -0.2) is 18.2 Å². The third-order valence-corrected chi connectivity index (χ3v) is 6.14. The second-order valence-electron chi connectivity index (χ2n) is 6.50. The normalized spacial score (nSPS) is 11.7. The molecule has 0 aliphatic rings. The Morgan fingerprint density at radius 1 is 0.962 bits per heavy atom. The Balaban J connectivity index is 1.93. The number of hydrogen-bond acceptors (Lipinski definition) is 3. The second-order valence-corrected chi connectivity index (χ2v) is 8.20. The predicted molar refractivity (Wildman–Crippen MR) is 103 cm³/mol. The van der Waals surface area contributed by atoms with E-state index >= 15 is 0 Å². The molecule has 0 aliphatic carbocycles. The second kappa shape index (κ2) is 7.05. The zero-order chi connectivity index (χ0) is 18.9. The van der Waals surface area contributed by atoms with Gasteiger partial charge in [-0.25, -0.2) is 17.8 Å². The van der Waals surface area contributed by atoms with E-state index in [1.807, 2.05) is 62.4 Å². The molecule has 0 unspecified atom stereocenters. The van der Waals surface area contributed by atoms with Crippen molar-refractivity contribution < 1.29 is 8.42 Å². The molecule has 6 heteroatoms. The van der Waals surface area contributed by atoms with E-state index < -0.39 is 10.0 Å². The van der Waals surface area contributed by atoms with Crippen molar-refractivity contribution in [3.8, 4) is 5.69 Å². The average Bonchev–Trinajstić information content (AvgIpc) is 2.90. The molecule has 3 aromatic rings. The lowest BCUT2D eigenvalue weighted by atomic mass is 10.1. The number of nitrogens with zero attached hydrogens (tertiary/aromatic N) is 2. The van der Waals surface area contributed by atoms with Gasteiger partial charge in [0.1, 0.15) is 4.90 Å². The van der Waals surface area contributed by atoms with Crippen LogP contribution in [0.15, 0.2) is 53.4 Å². The summed E-state index contributed by atoms with van der Waals surface area (Å²) in [6.45, 7) is 7.73. The largest absolute Gasteiger partial charge is 0.244 e. The van der Waals surface area contributed by atoms with Gasteiger partial charge in [-0.05, 0) is 51.0 Å². The monoisotopic (exact) mass is 369 g/mol. The van der Waals surface area contributed by atoms with Gasteiger partial charge in [0.25, 0.3) is 0 Å². The molecule has 26 heavy (non-hydrogen) atoms. The zero-order valence-corrected chi connectivity index (χ0v) is 16.3. The third-order valence-electron chi connectivity index (χ3n) is 4.49. The van der Waals surface area contributed by atoms with Crippen molar-refractivity contribution >= 4 is 10.0 Å². The van der Waals surface area contributed by atoms with Gasteiger partial charge in [0.15, 0.2) is 0 Å². The molecule has 0 atom stereocenters. The van der Waals surface area contributed by atoms with Crippen LogP contribution in [0.25, 0.3) is 5.69 Å². The molecule has 0 amide bonds. The highest BCUT2D eigenvalue weighted by Crippen LogP contribution is 2.23. The number of nitrogens with one attached hydrogen (secondary N) is 1. The minimum atomic E-state index is -3.67. The molecule has 5 nitrogen and oxygen atoms in total. The summed E-state index contributed by atoms with van der Waals surface area (Å²) in [5, 5.41) is 4.45. The minimum Gasteiger partial charge on any atom is -0.236 e. The SMILES string of the molecule is Cc1ccc(-n2nc(C)c(S(=O)(=O)NCc3ccccc3C)c2C)cc1. The van der Waals surface area contributed by atoms with Crippen molar-refractivity contribution in [1.82, 2.24) is 14.5 Å². The summed E-state index contributed by atoms with van der Waals surface area (Å²) in [7, 11) is -3.67. The van der Waals surface area contributed by atoms with Crippen molar-refractivity contribution in [3.63, 3.8) is 0 Å². The van der Waals surface area contributed by atoms with Gasteiger partial charge in [-0.3, -0.25) is 0 Å². The van der Waals surface area contributed by atoms with Crippen molar-refractivity contribution in [2.75, 3.05) is 0 Å². The Morgan fingerprint density at radius 2 is 1.62 bits per heavy atom. The fourth-order valence-electron chi connectivity index (χ4n) is 3.01. The van der Waals surface area contributed by atoms with Crippen LogP contribution in [0.4, 0.5) is 0 Å². The summed E-state index contributed by atoms with van der Waals surface area (Å²) >= 11 is 0. The molecule has 0 saturated carbocycles. The Kier molecular flexibility index (Phi) is 4.98. The molecule has 2 aromatic carbocycles. The van der Waals surface area contributed by atoms with Gasteiger partial charge in [-0.1, -0.05) is 42.0 Å². The predicted octanol–water partition coefficient (Wildman–Crippen LogP) is 3.58. The third kappa shape index (κ3) is 3.57. The summed E-state index contributed by atoms with van der Waals surface area (Å²) in [6, 6.07) is 15.6. The van der Waals surface area contributed by atoms with Crippen LogP contribution in [0.1, 0.15) is 28.1 Å². The van der Waals surface area contributed by atoms with Crippen LogP contribution >= 0.6 is 0 Å². The number of aryl methyl sites for hydroxylation is 3. The first-order valence-electron chi connectivity index (χ1n) is 8.47. The highest BCUT2D eigenvalue weighted by Gasteiger charge is 2.25. The molecule has 0 aliphatic heterocycles. The highest BCUT2D eigenvalue weighted by atomic mass is 32.2. The number of hydrogen-bond donors (Lipinski definition) is 1. The lowest BCUT2D eigenvalue weighted by molar-refractivity contribution is 0.580. The first-order chi connectivity index (χ1) is 12.3. The van der Waals surface area contributed by atoms with Crippen LogP contribution in [0.5, 0.6) is 0 Å². The number of sulfonamides is 1. The minimum absolute atomic E-state index is 0.242. The van der Waals surface area contributed by atoms with E-state index in [1.165, 1.54) is 0 Å². The van der Waals surface area contributed by atoms with Crippen LogP contribution in [0, 0.1) is 27.7 Å². The number of benzene rings is 2. The molecule has 136 valence electrons. The van der Waals surface area contributed by atoms with Crippen LogP contribution in [0.3, 0.4) is 0 Å². The Labute approximate surface area is 154 Å². The van der Waals surface area contributed by atoms with Gasteiger partial charge in [-0.15, -0.1) is 0 Å². The fourth-order valence-corrected chi connectivity index (χ4v) is 4.40. The van der Waals surface area contributed by atoms with Gasteiger partial charge in [0.05, 0.1) is 17.1 Å². The molecular formula is C20H23N3O2S. The maximum absolute atomic E-state index is 12.9. The van der Waals surface area contributed by atoms with Crippen LogP contribution in [0.2, 0.25) is 0 Å². The molecule has 1 heterocycles. The standard InChI is InChI=1S/C20H23N3O2S/c1-14-9-11-19(12-10-14)23-17(4)20(16(3)22-23)26(24,25)21-13-18-8-6-5-7-15(18)2/h5-12,21H,13H2,1-4H3. The van der Waals surface area contributed by atoms with Gasteiger partial charge < -0.3 is 0 Å². The molecule has 0 fully saturated rings. The van der Waals surface area contributed by atoms with Gasteiger partial charge in [0, 0.05) is 6.54 Å². The maximum Gasteiger partial charge on any atom is 0.244 e. The average molecular weight is 369 g/mol. The fraction of sp³-hybridized carbons (Fsp3) is 0.250. The van der Waals surface area contributed by atoms with Crippen molar-refractivity contribution in [2.24, 2.45) is 0 Å². The van der Waals surface area contributed by atoms with E-state index in [9.17, 15) is 8.42 Å². The summed E-state index contributed by atoms with van der Waals surface area (Å²) in [4.78, 5) is 0.242. The van der Waals surface area contributed by atoms with Crippen molar-refractivity contribution in [1.29, 1.82) is 0 Å². The van der Waals surface area contributed by atoms with E-state index in [1.54, 1.807) is 18.5 Å². The molecule has 3 rings (SSSR count).